The van der Waals surface area contributed by atoms with Gasteiger partial charge in [0.05, 0.1) is 0 Å². The molecule has 1 aliphatic rings. The third kappa shape index (κ3) is 3.70. The van der Waals surface area contributed by atoms with Crippen molar-refractivity contribution in [1.82, 2.24) is 4.90 Å². The second kappa shape index (κ2) is 6.89. The molecule has 102 valence electrons. The van der Waals surface area contributed by atoms with Gasteiger partial charge in [0, 0.05) is 12.6 Å². The highest BCUT2D eigenvalue weighted by Gasteiger charge is 2.17. The van der Waals surface area contributed by atoms with Gasteiger partial charge < -0.3 is 0 Å². The molecule has 1 aromatic carbocycles. The van der Waals surface area contributed by atoms with Gasteiger partial charge in [0.1, 0.15) is 17.7 Å². The summed E-state index contributed by atoms with van der Waals surface area (Å²) in [5, 5.41) is 17.5. The highest BCUT2D eigenvalue weighted by atomic mass is 15.2. The van der Waals surface area contributed by atoms with Gasteiger partial charge in [-0.05, 0) is 43.5 Å². The van der Waals surface area contributed by atoms with E-state index in [9.17, 15) is 0 Å². The van der Waals surface area contributed by atoms with Crippen LogP contribution in [0.4, 0.5) is 0 Å². The highest BCUT2D eigenvalue weighted by Crippen LogP contribution is 2.19. The van der Waals surface area contributed by atoms with Crippen molar-refractivity contribution in [2.75, 3.05) is 6.54 Å². The maximum absolute atomic E-state index is 8.74. The highest BCUT2D eigenvalue weighted by molar-refractivity contribution is 5.61. The van der Waals surface area contributed by atoms with Crippen LogP contribution in [0.1, 0.15) is 37.3 Å². The van der Waals surface area contributed by atoms with Crippen molar-refractivity contribution in [3.8, 4) is 12.1 Å². The lowest BCUT2D eigenvalue weighted by atomic mass is 10.0. The average molecular weight is 265 g/mol. The fraction of sp³-hybridized carbons (Fsp3) is 0.412. The van der Waals surface area contributed by atoms with Crippen LogP contribution in [0.3, 0.4) is 0 Å². The van der Waals surface area contributed by atoms with Crippen LogP contribution in [0, 0.1) is 22.7 Å². The first-order valence-electron chi connectivity index (χ1n) is 7.08. The second-order valence-corrected chi connectivity index (χ2v) is 5.34. The van der Waals surface area contributed by atoms with E-state index in [-0.39, 0.29) is 5.57 Å². The summed E-state index contributed by atoms with van der Waals surface area (Å²) in [5.74, 6) is 0. The van der Waals surface area contributed by atoms with Gasteiger partial charge in [0.2, 0.25) is 0 Å². The van der Waals surface area contributed by atoms with Crippen molar-refractivity contribution in [1.29, 1.82) is 10.5 Å². The topological polar surface area (TPSA) is 50.8 Å². The number of hydrogen-bond acceptors (Lipinski definition) is 3. The minimum atomic E-state index is 0.141. The standard InChI is InChI=1S/C17H19N3/c1-14-4-2-3-9-20(14)13-16-7-5-15(6-8-16)10-17(11-18)12-19/h5-8,10,14H,2-4,9,13H2,1H3. The van der Waals surface area contributed by atoms with E-state index in [4.69, 9.17) is 10.5 Å². The first-order valence-corrected chi connectivity index (χ1v) is 7.08. The van der Waals surface area contributed by atoms with Crippen molar-refractivity contribution >= 4 is 6.08 Å². The Morgan fingerprint density at radius 2 is 1.95 bits per heavy atom. The molecule has 20 heavy (non-hydrogen) atoms. The van der Waals surface area contributed by atoms with E-state index in [1.54, 1.807) is 6.08 Å². The fourth-order valence-electron chi connectivity index (χ4n) is 2.60. The van der Waals surface area contributed by atoms with Crippen molar-refractivity contribution in [3.63, 3.8) is 0 Å². The number of hydrogen-bond donors (Lipinski definition) is 0. The lowest BCUT2D eigenvalue weighted by Gasteiger charge is -2.33. The minimum Gasteiger partial charge on any atom is -0.296 e. The predicted molar refractivity (Wildman–Crippen MR) is 79.4 cm³/mol. The molecule has 0 bridgehead atoms. The zero-order chi connectivity index (χ0) is 14.4. The maximum Gasteiger partial charge on any atom is 0.130 e. The molecule has 2 rings (SSSR count). The van der Waals surface area contributed by atoms with Gasteiger partial charge in [-0.25, -0.2) is 0 Å². The number of likely N-dealkylation sites (tertiary alicyclic amines) is 1. The SMILES string of the molecule is CC1CCCCN1Cc1ccc(C=C(C#N)C#N)cc1. The van der Waals surface area contributed by atoms with Crippen molar-refractivity contribution in [2.24, 2.45) is 0 Å². The van der Waals surface area contributed by atoms with E-state index in [2.05, 4.69) is 24.0 Å². The summed E-state index contributed by atoms with van der Waals surface area (Å²) < 4.78 is 0. The van der Waals surface area contributed by atoms with E-state index < -0.39 is 0 Å². The summed E-state index contributed by atoms with van der Waals surface area (Å²) in [5.41, 5.74) is 2.33. The lowest BCUT2D eigenvalue weighted by molar-refractivity contribution is 0.152. The van der Waals surface area contributed by atoms with E-state index in [1.807, 2.05) is 24.3 Å². The Hall–Kier alpha value is -2.10. The summed E-state index contributed by atoms with van der Waals surface area (Å²) in [6.45, 7) is 4.45. The minimum absolute atomic E-state index is 0.141. The van der Waals surface area contributed by atoms with Crippen LogP contribution in [-0.2, 0) is 6.54 Å². The molecule has 0 radical (unpaired) electrons. The molecular weight excluding hydrogens is 246 g/mol. The first-order chi connectivity index (χ1) is 9.72. The quantitative estimate of drug-likeness (QED) is 0.786. The molecule has 3 nitrogen and oxygen atoms in total. The van der Waals surface area contributed by atoms with Gasteiger partial charge in [-0.3, -0.25) is 4.90 Å². The molecule has 0 aliphatic carbocycles. The molecule has 1 saturated heterocycles. The third-order valence-corrected chi connectivity index (χ3v) is 3.86. The van der Waals surface area contributed by atoms with E-state index in [0.29, 0.717) is 6.04 Å². The summed E-state index contributed by atoms with van der Waals surface area (Å²) in [6, 6.07) is 12.5. The summed E-state index contributed by atoms with van der Waals surface area (Å²) in [7, 11) is 0. The summed E-state index contributed by atoms with van der Waals surface area (Å²) >= 11 is 0. The van der Waals surface area contributed by atoms with Crippen LogP contribution in [-0.4, -0.2) is 17.5 Å². The Labute approximate surface area is 120 Å². The van der Waals surface area contributed by atoms with Gasteiger partial charge in [-0.2, -0.15) is 10.5 Å². The van der Waals surface area contributed by atoms with Crippen molar-refractivity contribution < 1.29 is 0 Å². The molecule has 0 spiro atoms. The number of rotatable bonds is 3. The molecule has 0 amide bonds. The smallest absolute Gasteiger partial charge is 0.130 e. The van der Waals surface area contributed by atoms with Crippen LogP contribution >= 0.6 is 0 Å². The van der Waals surface area contributed by atoms with Gasteiger partial charge in [-0.1, -0.05) is 30.7 Å². The molecule has 0 N–H and O–H groups in total. The Morgan fingerprint density at radius 3 is 2.55 bits per heavy atom. The van der Waals surface area contributed by atoms with Crippen LogP contribution < -0.4 is 0 Å². The maximum atomic E-state index is 8.74. The Kier molecular flexibility index (Phi) is 4.93. The van der Waals surface area contributed by atoms with Crippen LogP contribution in [0.5, 0.6) is 0 Å². The van der Waals surface area contributed by atoms with Gasteiger partial charge >= 0.3 is 0 Å². The van der Waals surface area contributed by atoms with E-state index in [1.165, 1.54) is 31.4 Å². The molecule has 1 aromatic rings. The normalized spacial score (nSPS) is 18.9. The molecule has 1 aliphatic heterocycles. The van der Waals surface area contributed by atoms with E-state index in [0.717, 1.165) is 12.1 Å². The van der Waals surface area contributed by atoms with Gasteiger partial charge in [0.15, 0.2) is 0 Å². The van der Waals surface area contributed by atoms with E-state index >= 15 is 0 Å². The number of benzene rings is 1. The summed E-state index contributed by atoms with van der Waals surface area (Å²) in [6.07, 6.45) is 5.53. The van der Waals surface area contributed by atoms with Crippen molar-refractivity contribution in [3.05, 3.63) is 41.0 Å². The molecular formula is C17H19N3. The Bertz CT molecular complexity index is 541. The van der Waals surface area contributed by atoms with Gasteiger partial charge in [0.25, 0.3) is 0 Å². The van der Waals surface area contributed by atoms with Crippen LogP contribution in [0.15, 0.2) is 29.8 Å². The largest absolute Gasteiger partial charge is 0.296 e. The molecule has 1 heterocycles. The van der Waals surface area contributed by atoms with Crippen molar-refractivity contribution in [2.45, 2.75) is 38.8 Å². The lowest BCUT2D eigenvalue weighted by Crippen LogP contribution is -2.36. The summed E-state index contributed by atoms with van der Waals surface area (Å²) in [4.78, 5) is 2.52. The zero-order valence-electron chi connectivity index (χ0n) is 11.8. The fourth-order valence-corrected chi connectivity index (χ4v) is 2.60. The number of piperidine rings is 1. The Morgan fingerprint density at radius 1 is 1.25 bits per heavy atom. The molecule has 1 atom stereocenters. The average Bonchev–Trinajstić information content (AvgIpc) is 2.49. The molecule has 3 heteroatoms. The van der Waals surface area contributed by atoms with Crippen LogP contribution in [0.2, 0.25) is 0 Å². The predicted octanol–water partition coefficient (Wildman–Crippen LogP) is 3.49. The second-order valence-electron chi connectivity index (χ2n) is 5.34. The number of allylic oxidation sites excluding steroid dienone is 1. The third-order valence-electron chi connectivity index (χ3n) is 3.86. The Balaban J connectivity index is 2.04. The zero-order valence-corrected chi connectivity index (χ0v) is 11.8. The molecule has 1 fully saturated rings. The first kappa shape index (κ1) is 14.3. The molecule has 1 unspecified atom stereocenters. The molecule has 0 aromatic heterocycles. The monoisotopic (exact) mass is 265 g/mol. The molecule has 0 saturated carbocycles. The number of nitrogens with zero attached hydrogens (tertiary/aromatic N) is 3. The number of nitriles is 2. The van der Waals surface area contributed by atoms with Gasteiger partial charge in [-0.15, -0.1) is 0 Å². The van der Waals surface area contributed by atoms with Crippen LogP contribution in [0.25, 0.3) is 6.08 Å².